The second-order valence-electron chi connectivity index (χ2n) is 5.08. The molecule has 0 spiro atoms. The van der Waals surface area contributed by atoms with Crippen molar-refractivity contribution in [2.45, 2.75) is 44.4 Å². The van der Waals surface area contributed by atoms with Gasteiger partial charge in [-0.25, -0.2) is 0 Å². The zero-order valence-electron chi connectivity index (χ0n) is 11.4. The number of ether oxygens (including phenoxy) is 1. The van der Waals surface area contributed by atoms with E-state index in [-0.39, 0.29) is 11.9 Å². The Kier molecular flexibility index (Phi) is 4.93. The van der Waals surface area contributed by atoms with Crippen LogP contribution in [0.5, 0.6) is 0 Å². The minimum atomic E-state index is 0.0719. The lowest BCUT2D eigenvalue weighted by molar-refractivity contribution is -0.121. The average molecular weight is 262 g/mol. The summed E-state index contributed by atoms with van der Waals surface area (Å²) in [4.78, 5) is 12.0. The lowest BCUT2D eigenvalue weighted by Crippen LogP contribution is -2.34. The standard InChI is InChI=1S/C15H22N2O2/c1-19-14-7-6-13(9-14)17-15(18)8-11-4-2-3-5-12(11)10-16/h2-5,13-14H,6-10,16H2,1H3,(H,17,18). The number of benzene rings is 1. The maximum Gasteiger partial charge on any atom is 0.224 e. The van der Waals surface area contributed by atoms with E-state index in [1.54, 1.807) is 7.11 Å². The van der Waals surface area contributed by atoms with Crippen molar-refractivity contribution in [2.24, 2.45) is 5.73 Å². The van der Waals surface area contributed by atoms with Gasteiger partial charge in [-0.05, 0) is 30.4 Å². The molecule has 0 heterocycles. The summed E-state index contributed by atoms with van der Waals surface area (Å²) < 4.78 is 5.31. The molecule has 1 aliphatic rings. The summed E-state index contributed by atoms with van der Waals surface area (Å²) in [6.45, 7) is 0.471. The van der Waals surface area contributed by atoms with Crippen molar-refractivity contribution in [1.82, 2.24) is 5.32 Å². The molecule has 1 amide bonds. The van der Waals surface area contributed by atoms with Crippen molar-refractivity contribution in [2.75, 3.05) is 7.11 Å². The Labute approximate surface area is 114 Å². The van der Waals surface area contributed by atoms with Crippen LogP contribution < -0.4 is 11.1 Å². The zero-order chi connectivity index (χ0) is 13.7. The molecule has 2 atom stereocenters. The fourth-order valence-corrected chi connectivity index (χ4v) is 2.67. The van der Waals surface area contributed by atoms with E-state index in [2.05, 4.69) is 5.32 Å². The number of methoxy groups -OCH3 is 1. The molecule has 104 valence electrons. The van der Waals surface area contributed by atoms with Gasteiger partial charge >= 0.3 is 0 Å². The van der Waals surface area contributed by atoms with Crippen LogP contribution in [0, 0.1) is 0 Å². The van der Waals surface area contributed by atoms with E-state index in [9.17, 15) is 4.79 Å². The molecule has 1 aliphatic carbocycles. The van der Waals surface area contributed by atoms with E-state index >= 15 is 0 Å². The maximum atomic E-state index is 12.0. The summed E-state index contributed by atoms with van der Waals surface area (Å²) in [5.74, 6) is 0.0719. The number of hydrogen-bond acceptors (Lipinski definition) is 3. The molecule has 0 bridgehead atoms. The summed E-state index contributed by atoms with van der Waals surface area (Å²) in [6.07, 6.45) is 3.65. The van der Waals surface area contributed by atoms with Gasteiger partial charge in [0.05, 0.1) is 12.5 Å². The first-order chi connectivity index (χ1) is 9.22. The summed E-state index contributed by atoms with van der Waals surface area (Å²) >= 11 is 0. The summed E-state index contributed by atoms with van der Waals surface area (Å²) in [6, 6.07) is 8.08. The SMILES string of the molecule is COC1CCC(NC(=O)Cc2ccccc2CN)C1. The highest BCUT2D eigenvalue weighted by Gasteiger charge is 2.25. The van der Waals surface area contributed by atoms with Crippen LogP contribution in [0.25, 0.3) is 0 Å². The Hall–Kier alpha value is -1.39. The third-order valence-electron chi connectivity index (χ3n) is 3.77. The molecule has 4 nitrogen and oxygen atoms in total. The highest BCUT2D eigenvalue weighted by molar-refractivity contribution is 5.79. The molecular weight excluding hydrogens is 240 g/mol. The van der Waals surface area contributed by atoms with Gasteiger partial charge in [0, 0.05) is 19.7 Å². The van der Waals surface area contributed by atoms with Crippen molar-refractivity contribution in [3.8, 4) is 0 Å². The average Bonchev–Trinajstić information content (AvgIpc) is 2.87. The minimum Gasteiger partial charge on any atom is -0.381 e. The van der Waals surface area contributed by atoms with Gasteiger partial charge in [0.25, 0.3) is 0 Å². The van der Waals surface area contributed by atoms with Gasteiger partial charge in [-0.3, -0.25) is 4.79 Å². The minimum absolute atomic E-state index is 0.0719. The van der Waals surface area contributed by atoms with E-state index in [1.807, 2.05) is 24.3 Å². The molecule has 2 rings (SSSR count). The fraction of sp³-hybridized carbons (Fsp3) is 0.533. The Balaban J connectivity index is 1.87. The Morgan fingerprint density at radius 1 is 1.37 bits per heavy atom. The number of carbonyl (C=O) groups is 1. The number of nitrogens with two attached hydrogens (primary N) is 1. The zero-order valence-corrected chi connectivity index (χ0v) is 11.4. The van der Waals surface area contributed by atoms with Gasteiger partial charge in [0.15, 0.2) is 0 Å². The molecule has 19 heavy (non-hydrogen) atoms. The van der Waals surface area contributed by atoms with Crippen LogP contribution in [0.2, 0.25) is 0 Å². The van der Waals surface area contributed by atoms with E-state index < -0.39 is 0 Å². The number of carbonyl (C=O) groups excluding carboxylic acids is 1. The molecule has 4 heteroatoms. The third kappa shape index (κ3) is 3.78. The quantitative estimate of drug-likeness (QED) is 0.842. The van der Waals surface area contributed by atoms with Gasteiger partial charge in [-0.15, -0.1) is 0 Å². The van der Waals surface area contributed by atoms with Crippen LogP contribution in [0.4, 0.5) is 0 Å². The molecule has 1 saturated carbocycles. The normalized spacial score (nSPS) is 22.4. The van der Waals surface area contributed by atoms with Crippen molar-refractivity contribution >= 4 is 5.91 Å². The smallest absolute Gasteiger partial charge is 0.224 e. The van der Waals surface area contributed by atoms with Gasteiger partial charge in [0.1, 0.15) is 0 Å². The van der Waals surface area contributed by atoms with Crippen molar-refractivity contribution in [3.63, 3.8) is 0 Å². The van der Waals surface area contributed by atoms with Crippen LogP contribution in [0.3, 0.4) is 0 Å². The molecule has 3 N–H and O–H groups in total. The molecule has 1 aromatic carbocycles. The van der Waals surface area contributed by atoms with Gasteiger partial charge in [-0.1, -0.05) is 24.3 Å². The highest BCUT2D eigenvalue weighted by atomic mass is 16.5. The molecule has 0 radical (unpaired) electrons. The largest absolute Gasteiger partial charge is 0.381 e. The van der Waals surface area contributed by atoms with Gasteiger partial charge < -0.3 is 15.8 Å². The Morgan fingerprint density at radius 2 is 2.11 bits per heavy atom. The van der Waals surface area contributed by atoms with Crippen molar-refractivity contribution in [3.05, 3.63) is 35.4 Å². The molecule has 0 aliphatic heterocycles. The summed E-state index contributed by atoms with van der Waals surface area (Å²) in [5.41, 5.74) is 7.74. The fourth-order valence-electron chi connectivity index (χ4n) is 2.67. The first-order valence-electron chi connectivity index (χ1n) is 6.82. The lowest BCUT2D eigenvalue weighted by atomic mass is 10.0. The monoisotopic (exact) mass is 262 g/mol. The lowest BCUT2D eigenvalue weighted by Gasteiger charge is -2.14. The number of nitrogens with one attached hydrogen (secondary N) is 1. The maximum absolute atomic E-state index is 12.0. The van der Waals surface area contributed by atoms with E-state index in [0.717, 1.165) is 30.4 Å². The van der Waals surface area contributed by atoms with Crippen LogP contribution in [-0.4, -0.2) is 25.2 Å². The van der Waals surface area contributed by atoms with Crippen LogP contribution in [0.1, 0.15) is 30.4 Å². The first-order valence-corrected chi connectivity index (χ1v) is 6.82. The topological polar surface area (TPSA) is 64.3 Å². The summed E-state index contributed by atoms with van der Waals surface area (Å²) in [7, 11) is 1.73. The van der Waals surface area contributed by atoms with Crippen molar-refractivity contribution < 1.29 is 9.53 Å². The number of amides is 1. The Bertz CT molecular complexity index is 434. The van der Waals surface area contributed by atoms with Gasteiger partial charge in [-0.2, -0.15) is 0 Å². The predicted molar refractivity (Wildman–Crippen MR) is 74.6 cm³/mol. The molecule has 0 saturated heterocycles. The van der Waals surface area contributed by atoms with Crippen LogP contribution in [-0.2, 0) is 22.5 Å². The Morgan fingerprint density at radius 3 is 2.74 bits per heavy atom. The second-order valence-corrected chi connectivity index (χ2v) is 5.08. The second kappa shape index (κ2) is 6.68. The summed E-state index contributed by atoms with van der Waals surface area (Å²) in [5, 5.41) is 3.08. The van der Waals surface area contributed by atoms with E-state index in [4.69, 9.17) is 10.5 Å². The number of rotatable bonds is 5. The van der Waals surface area contributed by atoms with Crippen LogP contribution in [0.15, 0.2) is 24.3 Å². The molecule has 0 aromatic heterocycles. The first kappa shape index (κ1) is 14.0. The molecule has 1 aromatic rings. The molecule has 2 unspecified atom stereocenters. The van der Waals surface area contributed by atoms with E-state index in [0.29, 0.717) is 19.1 Å². The van der Waals surface area contributed by atoms with Gasteiger partial charge in [0.2, 0.25) is 5.91 Å². The van der Waals surface area contributed by atoms with Crippen LogP contribution >= 0.6 is 0 Å². The van der Waals surface area contributed by atoms with E-state index in [1.165, 1.54) is 0 Å². The highest BCUT2D eigenvalue weighted by Crippen LogP contribution is 2.21. The number of hydrogen-bond donors (Lipinski definition) is 2. The predicted octanol–water partition coefficient (Wildman–Crippen LogP) is 1.37. The van der Waals surface area contributed by atoms with Crippen molar-refractivity contribution in [1.29, 1.82) is 0 Å². The molecular formula is C15H22N2O2. The third-order valence-corrected chi connectivity index (χ3v) is 3.77. The molecule has 1 fully saturated rings.